The van der Waals surface area contributed by atoms with Crippen molar-refractivity contribution < 1.29 is 9.59 Å². The number of rotatable bonds is 5. The van der Waals surface area contributed by atoms with Crippen molar-refractivity contribution in [2.75, 3.05) is 5.32 Å². The smallest absolute Gasteiger partial charge is 0.261 e. The summed E-state index contributed by atoms with van der Waals surface area (Å²) in [4.78, 5) is 41.4. The summed E-state index contributed by atoms with van der Waals surface area (Å²) < 4.78 is 1.17. The third kappa shape index (κ3) is 4.41. The Kier molecular flexibility index (Phi) is 5.25. The summed E-state index contributed by atoms with van der Waals surface area (Å²) in [5.74, 6) is -0.603. The molecule has 0 aliphatic heterocycles. The molecule has 0 spiro atoms. The van der Waals surface area contributed by atoms with Gasteiger partial charge in [0.15, 0.2) is 0 Å². The lowest BCUT2D eigenvalue weighted by Crippen LogP contribution is -2.28. The van der Waals surface area contributed by atoms with Crippen molar-refractivity contribution in [3.05, 3.63) is 68.7 Å². The zero-order chi connectivity index (χ0) is 20.5. The van der Waals surface area contributed by atoms with Crippen molar-refractivity contribution in [1.29, 1.82) is 0 Å². The van der Waals surface area contributed by atoms with Crippen LogP contribution in [0.2, 0.25) is 10.0 Å². The second-order valence-electron chi connectivity index (χ2n) is 6.84. The Hall–Kier alpha value is -2.90. The van der Waals surface area contributed by atoms with Crippen LogP contribution in [0.25, 0.3) is 10.9 Å². The van der Waals surface area contributed by atoms with Crippen molar-refractivity contribution in [2.45, 2.75) is 25.4 Å². The van der Waals surface area contributed by atoms with Crippen molar-refractivity contribution in [2.24, 2.45) is 0 Å². The molecule has 0 saturated heterocycles. The van der Waals surface area contributed by atoms with E-state index in [1.54, 1.807) is 24.3 Å². The van der Waals surface area contributed by atoms with Gasteiger partial charge in [-0.2, -0.15) is 0 Å². The molecule has 1 aromatic heterocycles. The van der Waals surface area contributed by atoms with E-state index in [2.05, 4.69) is 15.6 Å². The molecule has 0 bridgehead atoms. The summed E-state index contributed by atoms with van der Waals surface area (Å²) >= 11 is 12.0. The SMILES string of the molecule is O=C(Cn1cnc2c(Cl)cc(Cl)cc2c1=O)Nc1cccc(C(=O)NC2CC2)c1. The first-order chi connectivity index (χ1) is 13.9. The molecule has 2 aromatic carbocycles. The highest BCUT2D eigenvalue weighted by Crippen LogP contribution is 2.24. The maximum atomic E-state index is 12.6. The number of amides is 2. The summed E-state index contributed by atoms with van der Waals surface area (Å²) in [5.41, 5.74) is 0.828. The third-order valence-corrected chi connectivity index (χ3v) is 4.99. The minimum atomic E-state index is -0.430. The summed E-state index contributed by atoms with van der Waals surface area (Å²) in [7, 11) is 0. The number of benzene rings is 2. The second-order valence-corrected chi connectivity index (χ2v) is 7.68. The molecule has 1 heterocycles. The van der Waals surface area contributed by atoms with Gasteiger partial charge in [-0.25, -0.2) is 4.98 Å². The number of carbonyl (C=O) groups is 2. The van der Waals surface area contributed by atoms with Gasteiger partial charge in [-0.15, -0.1) is 0 Å². The average Bonchev–Trinajstić information content (AvgIpc) is 3.48. The number of halogens is 2. The van der Waals surface area contributed by atoms with Crippen molar-refractivity contribution in [1.82, 2.24) is 14.9 Å². The van der Waals surface area contributed by atoms with Crippen LogP contribution in [0.3, 0.4) is 0 Å². The van der Waals surface area contributed by atoms with Crippen molar-refractivity contribution >= 4 is 51.6 Å². The van der Waals surface area contributed by atoms with Crippen molar-refractivity contribution in [3.8, 4) is 0 Å². The van der Waals surface area contributed by atoms with E-state index < -0.39 is 11.5 Å². The van der Waals surface area contributed by atoms with E-state index in [0.717, 1.165) is 12.8 Å². The number of carbonyl (C=O) groups excluding carboxylic acids is 2. The van der Waals surface area contributed by atoms with E-state index >= 15 is 0 Å². The zero-order valence-corrected chi connectivity index (χ0v) is 16.6. The highest BCUT2D eigenvalue weighted by atomic mass is 35.5. The fourth-order valence-corrected chi connectivity index (χ4v) is 3.44. The summed E-state index contributed by atoms with van der Waals surface area (Å²) in [5, 5.41) is 6.40. The Morgan fingerprint density at radius 1 is 1.17 bits per heavy atom. The number of nitrogens with zero attached hydrogens (tertiary/aromatic N) is 2. The minimum Gasteiger partial charge on any atom is -0.349 e. The first-order valence-electron chi connectivity index (χ1n) is 8.95. The molecule has 3 aromatic rings. The predicted octanol–water partition coefficient (Wildman–Crippen LogP) is 3.23. The molecule has 2 amide bonds. The predicted molar refractivity (Wildman–Crippen MR) is 112 cm³/mol. The average molecular weight is 431 g/mol. The molecule has 0 unspecified atom stereocenters. The van der Waals surface area contributed by atoms with Gasteiger partial charge in [0, 0.05) is 22.3 Å². The topological polar surface area (TPSA) is 93.1 Å². The van der Waals surface area contributed by atoms with E-state index in [-0.39, 0.29) is 28.9 Å². The van der Waals surface area contributed by atoms with Gasteiger partial charge >= 0.3 is 0 Å². The van der Waals surface area contributed by atoms with E-state index in [9.17, 15) is 14.4 Å². The van der Waals surface area contributed by atoms with E-state index in [1.165, 1.54) is 23.0 Å². The van der Waals surface area contributed by atoms with Gasteiger partial charge in [0.2, 0.25) is 5.91 Å². The van der Waals surface area contributed by atoms with E-state index in [4.69, 9.17) is 23.2 Å². The summed E-state index contributed by atoms with van der Waals surface area (Å²) in [6, 6.07) is 9.85. The molecule has 7 nitrogen and oxygen atoms in total. The molecule has 1 fully saturated rings. The lowest BCUT2D eigenvalue weighted by Gasteiger charge is -2.10. The lowest BCUT2D eigenvalue weighted by molar-refractivity contribution is -0.116. The largest absolute Gasteiger partial charge is 0.349 e. The highest BCUT2D eigenvalue weighted by Gasteiger charge is 2.23. The van der Waals surface area contributed by atoms with Gasteiger partial charge in [-0.1, -0.05) is 29.3 Å². The first kappa shape index (κ1) is 19.4. The van der Waals surface area contributed by atoms with Crippen LogP contribution in [0, 0.1) is 0 Å². The molecule has 148 valence electrons. The maximum absolute atomic E-state index is 12.6. The number of hydrogen-bond donors (Lipinski definition) is 2. The van der Waals surface area contributed by atoms with Crippen LogP contribution in [-0.4, -0.2) is 27.4 Å². The molecule has 4 rings (SSSR count). The second kappa shape index (κ2) is 7.85. The Labute approximate surface area is 175 Å². The monoisotopic (exact) mass is 430 g/mol. The highest BCUT2D eigenvalue weighted by molar-refractivity contribution is 6.38. The van der Waals surface area contributed by atoms with Gasteiger partial charge < -0.3 is 10.6 Å². The lowest BCUT2D eigenvalue weighted by atomic mass is 10.2. The van der Waals surface area contributed by atoms with Crippen LogP contribution < -0.4 is 16.2 Å². The molecular formula is C20H16Cl2N4O3. The number of fused-ring (bicyclic) bond motifs is 1. The van der Waals surface area contributed by atoms with E-state index in [0.29, 0.717) is 21.8 Å². The molecule has 1 aliphatic carbocycles. The molecular weight excluding hydrogens is 415 g/mol. The van der Waals surface area contributed by atoms with Gasteiger partial charge in [0.1, 0.15) is 6.54 Å². The zero-order valence-electron chi connectivity index (χ0n) is 15.1. The van der Waals surface area contributed by atoms with Crippen molar-refractivity contribution in [3.63, 3.8) is 0 Å². The summed E-state index contributed by atoms with van der Waals surface area (Å²) in [6.45, 7) is -0.246. The maximum Gasteiger partial charge on any atom is 0.261 e. The molecule has 1 saturated carbocycles. The number of nitrogens with one attached hydrogen (secondary N) is 2. The van der Waals surface area contributed by atoms with Crippen LogP contribution in [0.1, 0.15) is 23.2 Å². The molecule has 1 aliphatic rings. The van der Waals surface area contributed by atoms with Crippen LogP contribution in [0.15, 0.2) is 47.5 Å². The quantitative estimate of drug-likeness (QED) is 0.649. The van der Waals surface area contributed by atoms with E-state index in [1.807, 2.05) is 0 Å². The summed E-state index contributed by atoms with van der Waals surface area (Å²) in [6.07, 6.45) is 3.25. The number of hydrogen-bond acceptors (Lipinski definition) is 4. The van der Waals surface area contributed by atoms with Gasteiger partial charge in [-0.05, 0) is 43.2 Å². The minimum absolute atomic E-state index is 0.174. The Bertz CT molecular complexity index is 1190. The van der Waals surface area contributed by atoms with Crippen LogP contribution in [-0.2, 0) is 11.3 Å². The fraction of sp³-hybridized carbons (Fsp3) is 0.200. The number of aromatic nitrogens is 2. The molecule has 0 radical (unpaired) electrons. The van der Waals surface area contributed by atoms with Gasteiger partial charge in [-0.3, -0.25) is 19.0 Å². The Morgan fingerprint density at radius 2 is 1.97 bits per heavy atom. The van der Waals surface area contributed by atoms with Gasteiger partial charge in [0.05, 0.1) is 22.3 Å². The molecule has 2 N–H and O–H groups in total. The number of anilines is 1. The Balaban J connectivity index is 1.51. The normalized spacial score (nSPS) is 13.3. The van der Waals surface area contributed by atoms with Crippen LogP contribution in [0.4, 0.5) is 5.69 Å². The standard InChI is InChI=1S/C20H16Cl2N4O3/c21-12-7-15-18(16(22)8-12)23-10-26(20(15)29)9-17(27)24-14-3-1-2-11(6-14)19(28)25-13-4-5-13/h1-3,6-8,10,13H,4-5,9H2,(H,24,27)(H,25,28). The third-order valence-electron chi connectivity index (χ3n) is 4.48. The van der Waals surface area contributed by atoms with Crippen LogP contribution >= 0.6 is 23.2 Å². The molecule has 29 heavy (non-hydrogen) atoms. The Morgan fingerprint density at radius 3 is 2.72 bits per heavy atom. The van der Waals surface area contributed by atoms with Crippen LogP contribution in [0.5, 0.6) is 0 Å². The molecule has 0 atom stereocenters. The van der Waals surface area contributed by atoms with Gasteiger partial charge in [0.25, 0.3) is 11.5 Å². The molecule has 9 heteroatoms. The first-order valence-corrected chi connectivity index (χ1v) is 9.71. The fourth-order valence-electron chi connectivity index (χ4n) is 2.90.